The van der Waals surface area contributed by atoms with Gasteiger partial charge in [0.1, 0.15) is 5.75 Å². The molecule has 28 heavy (non-hydrogen) atoms. The topological polar surface area (TPSA) is 77.2 Å². The van der Waals surface area contributed by atoms with E-state index in [1.165, 1.54) is 17.3 Å². The van der Waals surface area contributed by atoms with Crippen LogP contribution in [0.15, 0.2) is 52.1 Å². The van der Waals surface area contributed by atoms with Gasteiger partial charge in [-0.05, 0) is 43.5 Å². The average molecular weight is 398 g/mol. The zero-order valence-corrected chi connectivity index (χ0v) is 17.0. The van der Waals surface area contributed by atoms with Crippen LogP contribution in [-0.2, 0) is 17.9 Å². The molecule has 3 rings (SSSR count). The van der Waals surface area contributed by atoms with Crippen molar-refractivity contribution in [3.05, 3.63) is 70.6 Å². The SMILES string of the molecule is Cc1ccc(CNC(=O)CSc2nnc(COc3cc(C)ccc3C)o2)cc1. The van der Waals surface area contributed by atoms with Gasteiger partial charge in [0, 0.05) is 6.54 Å². The summed E-state index contributed by atoms with van der Waals surface area (Å²) < 4.78 is 11.3. The number of rotatable bonds is 8. The number of thioether (sulfide) groups is 1. The van der Waals surface area contributed by atoms with E-state index < -0.39 is 0 Å². The van der Waals surface area contributed by atoms with E-state index >= 15 is 0 Å². The third-order valence-corrected chi connectivity index (χ3v) is 4.90. The Balaban J connectivity index is 1.43. The van der Waals surface area contributed by atoms with Crippen molar-refractivity contribution in [3.8, 4) is 5.75 Å². The number of nitrogens with one attached hydrogen (secondary N) is 1. The first-order valence-electron chi connectivity index (χ1n) is 8.97. The van der Waals surface area contributed by atoms with Crippen LogP contribution >= 0.6 is 11.8 Å². The lowest BCUT2D eigenvalue weighted by Crippen LogP contribution is -2.24. The summed E-state index contributed by atoms with van der Waals surface area (Å²) in [7, 11) is 0. The number of ether oxygens (including phenoxy) is 1. The molecule has 0 saturated carbocycles. The monoisotopic (exact) mass is 397 g/mol. The van der Waals surface area contributed by atoms with Crippen molar-refractivity contribution in [2.45, 2.75) is 39.1 Å². The van der Waals surface area contributed by atoms with Crippen molar-refractivity contribution in [2.24, 2.45) is 0 Å². The molecule has 0 radical (unpaired) electrons. The highest BCUT2D eigenvalue weighted by Crippen LogP contribution is 2.21. The smallest absolute Gasteiger partial charge is 0.277 e. The summed E-state index contributed by atoms with van der Waals surface area (Å²) in [6, 6.07) is 14.1. The minimum atomic E-state index is -0.0861. The second kappa shape index (κ2) is 9.41. The number of hydrogen-bond acceptors (Lipinski definition) is 6. The summed E-state index contributed by atoms with van der Waals surface area (Å²) in [6.45, 7) is 6.72. The molecule has 7 heteroatoms. The Bertz CT molecular complexity index is 938. The van der Waals surface area contributed by atoms with Crippen LogP contribution in [0.4, 0.5) is 0 Å². The van der Waals surface area contributed by atoms with Crippen molar-refractivity contribution in [1.82, 2.24) is 15.5 Å². The number of amides is 1. The van der Waals surface area contributed by atoms with Crippen molar-refractivity contribution in [1.29, 1.82) is 0 Å². The zero-order valence-electron chi connectivity index (χ0n) is 16.2. The van der Waals surface area contributed by atoms with Gasteiger partial charge in [-0.1, -0.05) is 53.7 Å². The minimum absolute atomic E-state index is 0.0861. The van der Waals surface area contributed by atoms with Gasteiger partial charge >= 0.3 is 0 Å². The highest BCUT2D eigenvalue weighted by Gasteiger charge is 2.11. The largest absolute Gasteiger partial charge is 0.484 e. The molecule has 0 fully saturated rings. The summed E-state index contributed by atoms with van der Waals surface area (Å²) in [5, 5.41) is 11.2. The first kappa shape index (κ1) is 19.9. The molecule has 2 aromatic carbocycles. The predicted molar refractivity (Wildman–Crippen MR) is 108 cm³/mol. The Labute approximate surface area is 168 Å². The fourth-order valence-corrected chi connectivity index (χ4v) is 3.05. The van der Waals surface area contributed by atoms with E-state index in [2.05, 4.69) is 15.5 Å². The Kier molecular flexibility index (Phi) is 6.71. The van der Waals surface area contributed by atoms with Crippen molar-refractivity contribution >= 4 is 17.7 Å². The highest BCUT2D eigenvalue weighted by molar-refractivity contribution is 7.99. The average Bonchev–Trinajstić information content (AvgIpc) is 3.14. The van der Waals surface area contributed by atoms with E-state index in [1.54, 1.807) is 0 Å². The van der Waals surface area contributed by atoms with Gasteiger partial charge in [0.2, 0.25) is 5.91 Å². The van der Waals surface area contributed by atoms with Gasteiger partial charge in [0.05, 0.1) is 5.75 Å². The number of benzene rings is 2. The molecule has 0 spiro atoms. The molecule has 0 aliphatic heterocycles. The highest BCUT2D eigenvalue weighted by atomic mass is 32.2. The van der Waals surface area contributed by atoms with E-state index in [0.29, 0.717) is 17.7 Å². The molecule has 0 aliphatic rings. The van der Waals surface area contributed by atoms with E-state index in [9.17, 15) is 4.79 Å². The number of carbonyl (C=O) groups excluding carboxylic acids is 1. The summed E-state index contributed by atoms with van der Waals surface area (Å²) in [5.41, 5.74) is 4.43. The Morgan fingerprint density at radius 3 is 2.61 bits per heavy atom. The fraction of sp³-hybridized carbons (Fsp3) is 0.286. The van der Waals surface area contributed by atoms with Gasteiger partial charge in [0.15, 0.2) is 6.61 Å². The van der Waals surface area contributed by atoms with Gasteiger partial charge in [-0.2, -0.15) is 0 Å². The molecule has 1 N–H and O–H groups in total. The van der Waals surface area contributed by atoms with Crippen LogP contribution in [0.2, 0.25) is 0 Å². The number of hydrogen-bond donors (Lipinski definition) is 1. The molecular formula is C21H23N3O3S. The van der Waals surface area contributed by atoms with E-state index in [4.69, 9.17) is 9.15 Å². The fourth-order valence-electron chi connectivity index (χ4n) is 2.44. The zero-order chi connectivity index (χ0) is 19.9. The molecule has 1 heterocycles. The molecule has 0 bridgehead atoms. The summed E-state index contributed by atoms with van der Waals surface area (Å²) in [5.74, 6) is 1.30. The molecule has 1 amide bonds. The quantitative estimate of drug-likeness (QED) is 0.579. The van der Waals surface area contributed by atoms with Crippen molar-refractivity contribution in [2.75, 3.05) is 5.75 Å². The normalized spacial score (nSPS) is 10.7. The van der Waals surface area contributed by atoms with Gasteiger partial charge in [-0.15, -0.1) is 10.2 Å². The lowest BCUT2D eigenvalue weighted by atomic mass is 10.1. The minimum Gasteiger partial charge on any atom is -0.484 e. The van der Waals surface area contributed by atoms with Crippen LogP contribution in [0, 0.1) is 20.8 Å². The molecule has 6 nitrogen and oxygen atoms in total. The molecule has 0 unspecified atom stereocenters. The molecule has 1 aromatic heterocycles. The summed E-state index contributed by atoms with van der Waals surface area (Å²) in [6.07, 6.45) is 0. The van der Waals surface area contributed by atoms with Gasteiger partial charge in [-0.3, -0.25) is 4.79 Å². The standard InChI is InChI=1S/C21H23N3O3S/c1-14-5-8-17(9-6-14)11-22-19(25)13-28-21-24-23-20(27-21)12-26-18-10-15(2)4-7-16(18)3/h4-10H,11-13H2,1-3H3,(H,22,25). The van der Waals surface area contributed by atoms with Gasteiger partial charge < -0.3 is 14.5 Å². The van der Waals surface area contributed by atoms with E-state index in [1.807, 2.05) is 63.2 Å². The van der Waals surface area contributed by atoms with Gasteiger partial charge in [-0.25, -0.2) is 0 Å². The Morgan fingerprint density at radius 1 is 1.07 bits per heavy atom. The van der Waals surface area contributed by atoms with Crippen LogP contribution in [0.5, 0.6) is 5.75 Å². The number of nitrogens with zero attached hydrogens (tertiary/aromatic N) is 2. The first-order chi connectivity index (χ1) is 13.5. The van der Waals surface area contributed by atoms with Crippen LogP contribution in [0.25, 0.3) is 0 Å². The Morgan fingerprint density at radius 2 is 1.82 bits per heavy atom. The third-order valence-electron chi connectivity index (χ3n) is 4.08. The molecule has 0 aliphatic carbocycles. The maximum atomic E-state index is 12.0. The molecule has 146 valence electrons. The van der Waals surface area contributed by atoms with Crippen LogP contribution in [-0.4, -0.2) is 21.9 Å². The van der Waals surface area contributed by atoms with Crippen LogP contribution < -0.4 is 10.1 Å². The molecule has 3 aromatic rings. The maximum Gasteiger partial charge on any atom is 0.277 e. The lowest BCUT2D eigenvalue weighted by molar-refractivity contribution is -0.118. The second-order valence-electron chi connectivity index (χ2n) is 6.57. The van der Waals surface area contributed by atoms with E-state index in [0.717, 1.165) is 22.4 Å². The summed E-state index contributed by atoms with van der Waals surface area (Å²) >= 11 is 1.21. The second-order valence-corrected chi connectivity index (χ2v) is 7.50. The lowest BCUT2D eigenvalue weighted by Gasteiger charge is -2.07. The molecule has 0 atom stereocenters. The number of aryl methyl sites for hydroxylation is 3. The van der Waals surface area contributed by atoms with Crippen molar-refractivity contribution < 1.29 is 13.9 Å². The van der Waals surface area contributed by atoms with Crippen molar-refractivity contribution in [3.63, 3.8) is 0 Å². The number of aromatic nitrogens is 2. The van der Waals surface area contributed by atoms with Crippen LogP contribution in [0.3, 0.4) is 0 Å². The van der Waals surface area contributed by atoms with E-state index in [-0.39, 0.29) is 18.3 Å². The molecule has 0 saturated heterocycles. The predicted octanol–water partition coefficient (Wildman–Crippen LogP) is 3.98. The Hall–Kier alpha value is -2.80. The third kappa shape index (κ3) is 5.85. The maximum absolute atomic E-state index is 12.0. The van der Waals surface area contributed by atoms with Crippen LogP contribution in [0.1, 0.15) is 28.1 Å². The van der Waals surface area contributed by atoms with Gasteiger partial charge in [0.25, 0.3) is 11.1 Å². The molecular weight excluding hydrogens is 374 g/mol. The first-order valence-corrected chi connectivity index (χ1v) is 9.95. The number of carbonyl (C=O) groups is 1. The summed E-state index contributed by atoms with van der Waals surface area (Å²) in [4.78, 5) is 12.0.